The van der Waals surface area contributed by atoms with Crippen LogP contribution in [0.25, 0.3) is 0 Å². The maximum absolute atomic E-state index is 14.6. The van der Waals surface area contributed by atoms with Gasteiger partial charge in [0, 0.05) is 17.7 Å². The van der Waals surface area contributed by atoms with Crippen molar-refractivity contribution < 1.29 is 32.3 Å². The highest BCUT2D eigenvalue weighted by Gasteiger charge is 2.44. The molecule has 5 rings (SSSR count). The van der Waals surface area contributed by atoms with Crippen LogP contribution in [-0.4, -0.2) is 37.6 Å². The zero-order chi connectivity index (χ0) is 32.8. The Hall–Kier alpha value is -4.83. The molecular formula is C36H36F2N2O5Si. The van der Waals surface area contributed by atoms with Gasteiger partial charge >= 0.3 is 6.09 Å². The van der Waals surface area contributed by atoms with E-state index in [2.05, 4.69) is 25.0 Å². The number of rotatable bonds is 12. The third-order valence-electron chi connectivity index (χ3n) is 7.69. The van der Waals surface area contributed by atoms with Crippen molar-refractivity contribution in [3.05, 3.63) is 131 Å². The van der Waals surface area contributed by atoms with Crippen LogP contribution in [0.3, 0.4) is 0 Å². The zero-order valence-corrected chi connectivity index (χ0v) is 26.9. The lowest BCUT2D eigenvalue weighted by Crippen LogP contribution is -2.42. The van der Waals surface area contributed by atoms with Gasteiger partial charge in [-0.15, -0.1) is 0 Å². The van der Waals surface area contributed by atoms with Gasteiger partial charge in [0.1, 0.15) is 30.0 Å². The summed E-state index contributed by atoms with van der Waals surface area (Å²) in [5.41, 5.74) is 2.29. The van der Waals surface area contributed by atoms with E-state index < -0.39 is 50.0 Å². The Morgan fingerprint density at radius 3 is 2.11 bits per heavy atom. The molecule has 10 heteroatoms. The van der Waals surface area contributed by atoms with E-state index in [0.717, 1.165) is 10.5 Å². The highest BCUT2D eigenvalue weighted by Crippen LogP contribution is 2.37. The molecule has 4 aromatic carbocycles. The lowest BCUT2D eigenvalue weighted by molar-refractivity contribution is -0.134. The predicted octanol–water partition coefficient (Wildman–Crippen LogP) is 8.33. The minimum atomic E-state index is -1.90. The Bertz CT molecular complexity index is 1660. The van der Waals surface area contributed by atoms with Crippen LogP contribution in [0.4, 0.5) is 19.3 Å². The van der Waals surface area contributed by atoms with Gasteiger partial charge in [-0.05, 0) is 97.9 Å². The first-order valence-electron chi connectivity index (χ1n) is 15.1. The molecule has 0 radical (unpaired) electrons. The zero-order valence-electron chi connectivity index (χ0n) is 25.9. The van der Waals surface area contributed by atoms with Gasteiger partial charge in [-0.2, -0.15) is 0 Å². The summed E-state index contributed by atoms with van der Waals surface area (Å²) in [6.45, 7) is 6.22. The van der Waals surface area contributed by atoms with Crippen LogP contribution >= 0.6 is 0 Å². The van der Waals surface area contributed by atoms with Crippen molar-refractivity contribution in [2.75, 3.05) is 11.9 Å². The second-order valence-electron chi connectivity index (χ2n) is 12.2. The number of halogens is 2. The highest BCUT2D eigenvalue weighted by atomic mass is 28.4. The van der Waals surface area contributed by atoms with E-state index >= 15 is 0 Å². The number of carbonyl (C=O) groups is 3. The number of carbonyl (C=O) groups excluding carboxylic acids is 3. The summed E-state index contributed by atoms with van der Waals surface area (Å²) in [6, 6.07) is 26.1. The average Bonchev–Trinajstić information content (AvgIpc) is 3.43. The Morgan fingerprint density at radius 1 is 0.891 bits per heavy atom. The van der Waals surface area contributed by atoms with Crippen LogP contribution in [-0.2, 0) is 9.53 Å². The molecule has 0 aliphatic carbocycles. The molecule has 0 spiro atoms. The summed E-state index contributed by atoms with van der Waals surface area (Å²) in [5.74, 6) is -1.95. The summed E-state index contributed by atoms with van der Waals surface area (Å²) in [7, 11) is -1.90. The SMILES string of the molecule is C[Si](C)(C)Oc1ccc([C@@H](Nc2ccc(F)cc2)[C@@H](CCC(=O)c2ccc(F)cc2)C(=O)N2C(=O)OC[C@@H]2c2ccccc2)cc1. The van der Waals surface area contributed by atoms with E-state index in [0.29, 0.717) is 22.6 Å². The summed E-state index contributed by atoms with van der Waals surface area (Å²) in [4.78, 5) is 42.1. The number of anilines is 1. The van der Waals surface area contributed by atoms with Gasteiger partial charge in [-0.3, -0.25) is 9.59 Å². The summed E-state index contributed by atoms with van der Waals surface area (Å²) < 4.78 is 38.9. The molecule has 1 N–H and O–H groups in total. The van der Waals surface area contributed by atoms with Crippen LogP contribution in [0.2, 0.25) is 19.6 Å². The topological polar surface area (TPSA) is 84.9 Å². The molecule has 1 saturated heterocycles. The molecule has 1 aliphatic rings. The molecule has 1 aliphatic heterocycles. The number of imide groups is 1. The minimum Gasteiger partial charge on any atom is -0.544 e. The predicted molar refractivity (Wildman–Crippen MR) is 174 cm³/mol. The Balaban J connectivity index is 1.54. The van der Waals surface area contributed by atoms with Crippen molar-refractivity contribution >= 4 is 31.8 Å². The molecule has 3 atom stereocenters. The number of nitrogens with one attached hydrogen (secondary N) is 1. The lowest BCUT2D eigenvalue weighted by atomic mass is 9.86. The standard InChI is InChI=1S/C36H36F2N2O5Si/c1-46(2,3)45-30-19-11-26(12-20-30)34(39-29-17-15-28(38)16-18-29)31(21-22-33(41)25-9-13-27(37)14-10-25)35(42)40-32(23-44-36(40)43)24-7-5-4-6-8-24/h4-20,31-32,34,39H,21-23H2,1-3H3/t31-,32-,34-/m1/s1. The second kappa shape index (κ2) is 14.1. The van der Waals surface area contributed by atoms with Crippen LogP contribution in [0.5, 0.6) is 5.75 Å². The largest absolute Gasteiger partial charge is 0.544 e. The number of hydrogen-bond donors (Lipinski definition) is 1. The maximum Gasteiger partial charge on any atom is 0.417 e. The van der Waals surface area contributed by atoms with Gasteiger partial charge in [-0.25, -0.2) is 18.5 Å². The number of ether oxygens (including phenoxy) is 1. The molecule has 0 unspecified atom stereocenters. The highest BCUT2D eigenvalue weighted by molar-refractivity contribution is 6.70. The molecule has 4 aromatic rings. The van der Waals surface area contributed by atoms with E-state index in [4.69, 9.17) is 9.16 Å². The van der Waals surface area contributed by atoms with E-state index in [1.165, 1.54) is 36.4 Å². The van der Waals surface area contributed by atoms with Gasteiger partial charge in [0.05, 0.1) is 12.0 Å². The lowest BCUT2D eigenvalue weighted by Gasteiger charge is -2.32. The quantitative estimate of drug-likeness (QED) is 0.124. The first-order valence-corrected chi connectivity index (χ1v) is 18.5. The molecule has 1 heterocycles. The van der Waals surface area contributed by atoms with Crippen molar-refractivity contribution in [3.8, 4) is 5.75 Å². The second-order valence-corrected chi connectivity index (χ2v) is 16.6. The number of Topliss-reactive ketones (excluding diaryl/α,β-unsaturated/α-hetero) is 1. The molecule has 1 fully saturated rings. The summed E-state index contributed by atoms with van der Waals surface area (Å²) in [6.07, 6.45) is -0.778. The average molecular weight is 643 g/mol. The first-order chi connectivity index (χ1) is 22.0. The monoisotopic (exact) mass is 642 g/mol. The summed E-state index contributed by atoms with van der Waals surface area (Å²) in [5, 5.41) is 3.38. The van der Waals surface area contributed by atoms with Gasteiger partial charge in [0.25, 0.3) is 0 Å². The number of nitrogens with zero attached hydrogens (tertiary/aromatic N) is 1. The number of amides is 2. The number of hydrogen-bond acceptors (Lipinski definition) is 6. The van der Waals surface area contributed by atoms with Crippen LogP contribution in [0, 0.1) is 17.6 Å². The smallest absolute Gasteiger partial charge is 0.417 e. The van der Waals surface area contributed by atoms with Crippen LogP contribution in [0.15, 0.2) is 103 Å². The van der Waals surface area contributed by atoms with Gasteiger partial charge < -0.3 is 14.5 Å². The maximum atomic E-state index is 14.6. The van der Waals surface area contributed by atoms with Gasteiger partial charge in [0.2, 0.25) is 14.2 Å². The fraction of sp³-hybridized carbons (Fsp3) is 0.250. The van der Waals surface area contributed by atoms with E-state index in [9.17, 15) is 23.2 Å². The number of benzene rings is 4. The third-order valence-corrected chi connectivity index (χ3v) is 8.54. The van der Waals surface area contributed by atoms with E-state index in [1.807, 2.05) is 54.6 Å². The van der Waals surface area contributed by atoms with E-state index in [1.54, 1.807) is 12.1 Å². The molecular weight excluding hydrogens is 606 g/mol. The van der Waals surface area contributed by atoms with Crippen molar-refractivity contribution in [1.82, 2.24) is 4.90 Å². The Labute approximate surface area is 268 Å². The Morgan fingerprint density at radius 2 is 1.50 bits per heavy atom. The minimum absolute atomic E-state index is 0.00536. The van der Waals surface area contributed by atoms with Crippen molar-refractivity contribution in [3.63, 3.8) is 0 Å². The normalized spacial score (nSPS) is 16.0. The molecule has 238 valence electrons. The number of cyclic esters (lactones) is 1. The third kappa shape index (κ3) is 8.05. The fourth-order valence-corrected chi connectivity index (χ4v) is 6.35. The fourth-order valence-electron chi connectivity index (χ4n) is 5.50. The number of ketones is 1. The molecule has 46 heavy (non-hydrogen) atoms. The molecule has 7 nitrogen and oxygen atoms in total. The molecule has 0 aromatic heterocycles. The van der Waals surface area contributed by atoms with Crippen molar-refractivity contribution in [2.45, 2.75) is 44.6 Å². The van der Waals surface area contributed by atoms with Crippen molar-refractivity contribution in [2.24, 2.45) is 5.92 Å². The molecule has 0 saturated carbocycles. The molecule has 2 amide bonds. The van der Waals surface area contributed by atoms with Crippen LogP contribution in [0.1, 0.15) is 46.4 Å². The van der Waals surface area contributed by atoms with Crippen molar-refractivity contribution in [1.29, 1.82) is 0 Å². The summed E-state index contributed by atoms with van der Waals surface area (Å²) >= 11 is 0. The first kappa shape index (κ1) is 32.6. The van der Waals surface area contributed by atoms with Gasteiger partial charge in [0.15, 0.2) is 5.78 Å². The van der Waals surface area contributed by atoms with Crippen LogP contribution < -0.4 is 9.74 Å². The van der Waals surface area contributed by atoms with E-state index in [-0.39, 0.29) is 25.2 Å². The molecule has 0 bridgehead atoms. The Kier molecular flexibility index (Phi) is 9.96. The van der Waals surface area contributed by atoms with Gasteiger partial charge in [-0.1, -0.05) is 42.5 Å².